The Kier molecular flexibility index (Phi) is 4.17. The van der Waals surface area contributed by atoms with Crippen molar-refractivity contribution in [3.63, 3.8) is 0 Å². The fourth-order valence-corrected chi connectivity index (χ4v) is 3.90. The molecule has 0 saturated carbocycles. The lowest BCUT2D eigenvalue weighted by atomic mass is 10.2. The molecule has 0 spiro atoms. The topological polar surface area (TPSA) is 67.2 Å². The summed E-state index contributed by atoms with van der Waals surface area (Å²) in [6, 6.07) is 13.4. The number of carbonyl (C=O) groups is 1. The number of halogens is 1. The minimum atomic E-state index is -0.151. The third-order valence-corrected chi connectivity index (χ3v) is 5.44. The van der Waals surface area contributed by atoms with E-state index in [4.69, 9.17) is 0 Å². The van der Waals surface area contributed by atoms with Gasteiger partial charge in [-0.2, -0.15) is 8.75 Å². The van der Waals surface area contributed by atoms with Gasteiger partial charge in [0.1, 0.15) is 11.0 Å². The van der Waals surface area contributed by atoms with Gasteiger partial charge in [-0.25, -0.2) is 4.99 Å². The number of thioether (sulfide) groups is 1. The fourth-order valence-electron chi connectivity index (χ4n) is 2.17. The van der Waals surface area contributed by atoms with Crippen LogP contribution in [0.2, 0.25) is 0 Å². The Morgan fingerprint density at radius 1 is 1.12 bits per heavy atom. The normalized spacial score (nSPS) is 17.8. The molecular formula is C16H9BrN4OS2. The highest BCUT2D eigenvalue weighted by atomic mass is 79.9. The van der Waals surface area contributed by atoms with Crippen LogP contribution in [0.3, 0.4) is 0 Å². The van der Waals surface area contributed by atoms with Crippen LogP contribution in [0.1, 0.15) is 5.56 Å². The first kappa shape index (κ1) is 15.5. The maximum atomic E-state index is 12.2. The highest BCUT2D eigenvalue weighted by Gasteiger charge is 2.24. The standard InChI is InChI=1S/C16H9BrN4OS2/c17-10-3-1-2-4-11(10)18-16-19-15(22)14(23-16)8-9-5-6-12-13(7-9)21-24-20-12/h1-8H,(H,18,19,22). The molecule has 0 radical (unpaired) electrons. The van der Waals surface area contributed by atoms with E-state index in [0.29, 0.717) is 10.1 Å². The molecule has 1 aliphatic rings. The number of amidine groups is 1. The van der Waals surface area contributed by atoms with E-state index in [1.165, 1.54) is 23.5 Å². The Bertz CT molecular complexity index is 1010. The molecule has 1 N–H and O–H groups in total. The lowest BCUT2D eigenvalue weighted by Crippen LogP contribution is -2.19. The van der Waals surface area contributed by atoms with Crippen LogP contribution in [0.25, 0.3) is 17.1 Å². The van der Waals surface area contributed by atoms with Crippen LogP contribution in [0.4, 0.5) is 5.69 Å². The van der Waals surface area contributed by atoms with Crippen LogP contribution in [0.5, 0.6) is 0 Å². The number of hydrogen-bond donors (Lipinski definition) is 1. The molecule has 1 saturated heterocycles. The van der Waals surface area contributed by atoms with Gasteiger partial charge in [0, 0.05) is 4.47 Å². The Morgan fingerprint density at radius 3 is 2.83 bits per heavy atom. The maximum Gasteiger partial charge on any atom is 0.264 e. The summed E-state index contributed by atoms with van der Waals surface area (Å²) in [4.78, 5) is 17.2. The predicted molar refractivity (Wildman–Crippen MR) is 102 cm³/mol. The number of fused-ring (bicyclic) bond motifs is 1. The van der Waals surface area contributed by atoms with Gasteiger partial charge in [-0.3, -0.25) is 4.79 Å². The van der Waals surface area contributed by atoms with Crippen LogP contribution in [0, 0.1) is 0 Å². The van der Waals surface area contributed by atoms with Crippen molar-refractivity contribution in [2.45, 2.75) is 0 Å². The summed E-state index contributed by atoms with van der Waals surface area (Å²) in [5.74, 6) is -0.151. The number of hydrogen-bond acceptors (Lipinski definition) is 6. The van der Waals surface area contributed by atoms with Crippen molar-refractivity contribution < 1.29 is 4.79 Å². The number of benzene rings is 2. The Hall–Kier alpha value is -2.03. The zero-order valence-electron chi connectivity index (χ0n) is 12.1. The molecule has 3 aromatic rings. The second kappa shape index (κ2) is 6.46. The number of amides is 1. The lowest BCUT2D eigenvalue weighted by Gasteiger charge is -1.98. The summed E-state index contributed by atoms with van der Waals surface area (Å²) >= 11 is 5.95. The molecule has 0 unspecified atom stereocenters. The molecule has 2 heterocycles. The zero-order chi connectivity index (χ0) is 16.5. The quantitative estimate of drug-likeness (QED) is 0.630. The van der Waals surface area contributed by atoms with Gasteiger partial charge in [-0.15, -0.1) is 0 Å². The number of carbonyl (C=O) groups excluding carboxylic acids is 1. The van der Waals surface area contributed by atoms with E-state index in [9.17, 15) is 4.79 Å². The van der Waals surface area contributed by atoms with Gasteiger partial charge in [-0.05, 0) is 63.6 Å². The van der Waals surface area contributed by atoms with Crippen molar-refractivity contribution in [1.82, 2.24) is 14.1 Å². The molecule has 2 aromatic carbocycles. The first-order valence-corrected chi connectivity index (χ1v) is 9.29. The Labute approximate surface area is 154 Å². The largest absolute Gasteiger partial charge is 0.300 e. The van der Waals surface area contributed by atoms with Crippen molar-refractivity contribution in [3.05, 3.63) is 57.4 Å². The maximum absolute atomic E-state index is 12.2. The number of rotatable bonds is 2. The van der Waals surface area contributed by atoms with Crippen molar-refractivity contribution in [2.24, 2.45) is 4.99 Å². The van der Waals surface area contributed by atoms with Crippen LogP contribution in [0.15, 0.2) is 56.8 Å². The molecule has 0 aliphatic carbocycles. The van der Waals surface area contributed by atoms with Crippen LogP contribution < -0.4 is 5.32 Å². The summed E-state index contributed by atoms with van der Waals surface area (Å²) in [5, 5.41) is 3.36. The number of aromatic nitrogens is 2. The number of para-hydroxylation sites is 1. The highest BCUT2D eigenvalue weighted by Crippen LogP contribution is 2.31. The summed E-state index contributed by atoms with van der Waals surface area (Å²) in [6.07, 6.45) is 1.83. The van der Waals surface area contributed by atoms with Crippen molar-refractivity contribution in [1.29, 1.82) is 0 Å². The third-order valence-electron chi connectivity index (χ3n) is 3.30. The van der Waals surface area contributed by atoms with Gasteiger partial charge in [0.05, 0.1) is 22.3 Å². The molecule has 24 heavy (non-hydrogen) atoms. The van der Waals surface area contributed by atoms with Crippen LogP contribution in [-0.2, 0) is 4.79 Å². The van der Waals surface area contributed by atoms with E-state index in [1.807, 2.05) is 48.5 Å². The van der Waals surface area contributed by atoms with Gasteiger partial charge in [0.15, 0.2) is 5.17 Å². The van der Waals surface area contributed by atoms with Gasteiger partial charge < -0.3 is 5.32 Å². The predicted octanol–water partition coefficient (Wildman–Crippen LogP) is 4.35. The van der Waals surface area contributed by atoms with Crippen LogP contribution in [-0.4, -0.2) is 19.8 Å². The van der Waals surface area contributed by atoms with Gasteiger partial charge in [0.2, 0.25) is 0 Å². The highest BCUT2D eigenvalue weighted by molar-refractivity contribution is 9.10. The van der Waals surface area contributed by atoms with Gasteiger partial charge in [-0.1, -0.05) is 18.2 Å². The second-order valence-electron chi connectivity index (χ2n) is 4.95. The molecule has 118 valence electrons. The summed E-state index contributed by atoms with van der Waals surface area (Å²) in [5.41, 5.74) is 3.38. The first-order valence-electron chi connectivity index (χ1n) is 6.95. The zero-order valence-corrected chi connectivity index (χ0v) is 15.3. The number of nitrogens with one attached hydrogen (secondary N) is 1. The first-order chi connectivity index (χ1) is 11.7. The smallest absolute Gasteiger partial charge is 0.264 e. The van der Waals surface area contributed by atoms with E-state index in [0.717, 1.165) is 26.8 Å². The van der Waals surface area contributed by atoms with E-state index in [1.54, 1.807) is 0 Å². The summed E-state index contributed by atoms with van der Waals surface area (Å²) in [7, 11) is 0. The second-order valence-corrected chi connectivity index (χ2v) is 7.36. The monoisotopic (exact) mass is 416 g/mol. The summed E-state index contributed by atoms with van der Waals surface area (Å²) in [6.45, 7) is 0. The molecular weight excluding hydrogens is 408 g/mol. The minimum Gasteiger partial charge on any atom is -0.300 e. The van der Waals surface area contributed by atoms with Crippen molar-refractivity contribution in [3.8, 4) is 0 Å². The molecule has 1 aromatic heterocycles. The average Bonchev–Trinajstić information content (AvgIpc) is 3.16. The molecule has 1 aliphatic heterocycles. The molecule has 0 bridgehead atoms. The van der Waals surface area contributed by atoms with E-state index < -0.39 is 0 Å². The fraction of sp³-hybridized carbons (Fsp3) is 0. The summed E-state index contributed by atoms with van der Waals surface area (Å²) < 4.78 is 9.27. The van der Waals surface area contributed by atoms with E-state index in [-0.39, 0.29) is 5.91 Å². The Balaban J connectivity index is 1.63. The van der Waals surface area contributed by atoms with Crippen molar-refractivity contribution in [2.75, 3.05) is 0 Å². The van der Waals surface area contributed by atoms with Gasteiger partial charge in [0.25, 0.3) is 5.91 Å². The number of nitrogens with zero attached hydrogens (tertiary/aromatic N) is 3. The average molecular weight is 417 g/mol. The minimum absolute atomic E-state index is 0.151. The van der Waals surface area contributed by atoms with Gasteiger partial charge >= 0.3 is 0 Å². The van der Waals surface area contributed by atoms with Crippen LogP contribution >= 0.6 is 39.4 Å². The Morgan fingerprint density at radius 2 is 1.96 bits per heavy atom. The van der Waals surface area contributed by atoms with E-state index in [2.05, 4.69) is 35.0 Å². The van der Waals surface area contributed by atoms with Crippen molar-refractivity contribution >= 4 is 73.3 Å². The molecule has 0 atom stereocenters. The molecule has 1 amide bonds. The molecule has 5 nitrogen and oxygen atoms in total. The number of aliphatic imine (C=N–C) groups is 1. The lowest BCUT2D eigenvalue weighted by molar-refractivity contribution is -0.115. The van der Waals surface area contributed by atoms with E-state index >= 15 is 0 Å². The third kappa shape index (κ3) is 3.12. The molecule has 4 rings (SSSR count). The SMILES string of the molecule is O=C1NC(=Nc2ccccc2Br)SC1=Cc1ccc2nsnc2c1. The molecule has 1 fully saturated rings. The molecule has 8 heteroatoms.